The molecule has 12 saturated carbocycles. The SMILES string of the molecule is CC(C)[C@@H](CC(=O)OCC1c2ccccc2-c2ccccc21)C(=O)N(C)C1CC[C@@]2(C)[C@H](CC[C@@H]3[C@@H]2CC[C@]2(C)[C@@H](c4ccc(=O)oc4)CC[C@]32O)C1.CC(C)[C@@H](N)C(=O)N(C)C1CC[C@@]2(C)[C@H](CC[C@@H]3[C@@H]2CC[C@]2(C)[C@@H](c4ccc(=O)oc4)CC[C@]32O)C1.CC(C)[C@H](CC(=O)OCC1c2ccccc2-c2ccccc21)C(=O)Cl.CNC1CC[C@@]2(C)[C@H](CC[C@@H]3[C@@H]2CC[C@]2(C)[C@@H](c4ccc(=O)oc4)CC[C@]32O)C1. The second kappa shape index (κ2) is 40.8. The molecule has 0 aliphatic heterocycles. The molecular weight excluding hydrogens is 1810 g/mol. The van der Waals surface area contributed by atoms with Crippen LogP contribution in [-0.2, 0) is 33.4 Å². The molecule has 21 rings (SSSR count). The summed E-state index contributed by atoms with van der Waals surface area (Å²) >= 11 is 5.60. The number of benzene rings is 4. The van der Waals surface area contributed by atoms with Gasteiger partial charge in [0.15, 0.2) is 0 Å². The van der Waals surface area contributed by atoms with Crippen molar-refractivity contribution in [1.82, 2.24) is 15.1 Å². The van der Waals surface area contributed by atoms with E-state index in [1.807, 2.05) is 132 Å². The molecule has 0 bridgehead atoms. The quantitative estimate of drug-likeness (QED) is 0.0350. The van der Waals surface area contributed by atoms with Crippen molar-refractivity contribution < 1.29 is 62.0 Å². The Kier molecular flexibility index (Phi) is 29.8. The minimum absolute atomic E-state index is 0.00410. The fourth-order valence-corrected chi connectivity index (χ4v) is 34.3. The lowest BCUT2D eigenvalue weighted by Crippen LogP contribution is -2.62. The number of amides is 2. The zero-order valence-electron chi connectivity index (χ0n) is 87.6. The molecule has 7 aromatic rings. The van der Waals surface area contributed by atoms with E-state index in [4.69, 9.17) is 40.1 Å². The van der Waals surface area contributed by atoms with E-state index in [0.717, 1.165) is 157 Å². The van der Waals surface area contributed by atoms with Gasteiger partial charge in [-0.3, -0.25) is 24.0 Å². The number of aliphatic hydroxyl groups is 3. The van der Waals surface area contributed by atoms with Crippen LogP contribution in [0.4, 0.5) is 0 Å². The number of fused-ring (bicyclic) bond motifs is 21. The standard InChI is InChI=1S/C46H57NO6.C30H46N2O4.C25H37NO3.C21H21ClO3/c1-28(2)36(25-42(49)53-27-37-34-12-8-6-10-32(34)33-11-7-9-13-35(33)37)43(50)47(5)31-18-21-44(3)30(24-31)15-16-40-39(44)19-22-45(4)38(20-23-46(40,45)51)29-14-17-41(48)52-26-29;1-18(2)26(31)27(34)32(5)21-10-13-28(3)20(16-21)7-8-24-23(28)11-14-29(4)22(12-15-30(24,29)35)19-6-9-25(33)36-17-19;1-23-11-8-18(26-3)14-17(23)5-6-21-20(23)9-12-24(2)19(10-13-25(21,24)28)16-4-7-22(27)29-15-16;1-13(2)18(21(22)24)11-20(23)25-12-19-16-9-5-3-7-14(16)15-8-4-6-10-17(15)19/h6-14,17,26,28,30-31,36-40,51H,15-16,18-25,27H2,1-5H3;6,9,17-18,20-24,26,35H,7-8,10-16,31H2,1-5H3;4,7,15,17-21,26,28H,5-6,8-14H2,1-3H3;3-10,13,18-19H,11-12H2,1-2H3/t30-,31?,36-,38-,39+,40-,44+,45-,46+;20-,21?,22-,23+,24-,26-,28+,29-,30+;17-,18?,19-,20+,21-,23+,24-,25+;18-/m1110/s1. The van der Waals surface area contributed by atoms with E-state index in [-0.39, 0.29) is 159 Å². The lowest BCUT2D eigenvalue weighted by atomic mass is 9.43. The van der Waals surface area contributed by atoms with Gasteiger partial charge in [-0.25, -0.2) is 14.4 Å². The number of hydrogen-bond acceptors (Lipinski definition) is 18. The molecule has 14 aliphatic rings. The van der Waals surface area contributed by atoms with Gasteiger partial charge in [0, 0.05) is 84.4 Å². The molecule has 0 radical (unpaired) electrons. The number of ether oxygens (including phenoxy) is 2. The summed E-state index contributed by atoms with van der Waals surface area (Å²) < 4.78 is 27.2. The minimum Gasteiger partial charge on any atom is -0.465 e. The first-order valence-electron chi connectivity index (χ1n) is 54.8. The van der Waals surface area contributed by atoms with E-state index in [2.05, 4.69) is 102 Å². The molecule has 14 aliphatic carbocycles. The van der Waals surface area contributed by atoms with Crippen molar-refractivity contribution in [3.05, 3.63) is 222 Å². The maximum atomic E-state index is 14.2. The molecule has 20 nitrogen and oxygen atoms in total. The average molecular weight is 1980 g/mol. The van der Waals surface area contributed by atoms with E-state index in [1.54, 1.807) is 18.8 Å². The molecule has 0 spiro atoms. The molecule has 6 N–H and O–H groups in total. The van der Waals surface area contributed by atoms with Gasteiger partial charge in [0.25, 0.3) is 0 Å². The monoisotopic (exact) mass is 1970 g/mol. The third kappa shape index (κ3) is 18.4. The number of hydrogen-bond donors (Lipinski definition) is 5. The molecular formula is C122H161ClN4O16. The fraction of sp³-hybridized carbons (Fsp3) is 0.639. The third-order valence-electron chi connectivity index (χ3n) is 42.8. The Bertz CT molecular complexity index is 5850. The van der Waals surface area contributed by atoms with Gasteiger partial charge >= 0.3 is 28.8 Å². The molecule has 2 amide bonds. The first-order valence-corrected chi connectivity index (χ1v) is 55.2. The van der Waals surface area contributed by atoms with Crippen LogP contribution in [0.1, 0.15) is 338 Å². The number of nitrogens with one attached hydrogen (secondary N) is 1. The number of rotatable bonds is 20. The van der Waals surface area contributed by atoms with E-state index in [0.29, 0.717) is 52.9 Å². The first-order chi connectivity index (χ1) is 68.1. The highest BCUT2D eigenvalue weighted by atomic mass is 35.5. The summed E-state index contributed by atoms with van der Waals surface area (Å²) in [6, 6.07) is 44.0. The van der Waals surface area contributed by atoms with Crippen LogP contribution in [0.3, 0.4) is 0 Å². The molecule has 3 heterocycles. The van der Waals surface area contributed by atoms with Crippen LogP contribution in [-0.4, -0.2) is 129 Å². The van der Waals surface area contributed by atoms with Crippen LogP contribution >= 0.6 is 11.6 Å². The molecule has 12 fully saturated rings. The number of nitrogens with zero attached hydrogens (tertiary/aromatic N) is 2. The predicted octanol–water partition coefficient (Wildman–Crippen LogP) is 22.7. The van der Waals surface area contributed by atoms with Crippen molar-refractivity contribution in [2.45, 2.75) is 340 Å². The number of carbonyl (C=O) groups is 5. The molecule has 3 aromatic heterocycles. The van der Waals surface area contributed by atoms with Crippen molar-refractivity contribution in [2.24, 2.45) is 121 Å². The summed E-state index contributed by atoms with van der Waals surface area (Å²) in [4.78, 5) is 103. The highest BCUT2D eigenvalue weighted by Gasteiger charge is 2.72. The van der Waals surface area contributed by atoms with Gasteiger partial charge in [0.1, 0.15) is 13.2 Å². The molecule has 21 heteroatoms. The van der Waals surface area contributed by atoms with Gasteiger partial charge in [-0.1, -0.05) is 180 Å². The number of nitrogens with two attached hydrogens (primary N) is 1. The van der Waals surface area contributed by atoms with Gasteiger partial charge in [-0.15, -0.1) is 0 Å². The molecule has 0 saturated heterocycles. The smallest absolute Gasteiger partial charge is 0.335 e. The Labute approximate surface area is 852 Å². The van der Waals surface area contributed by atoms with Crippen LogP contribution < -0.4 is 27.9 Å². The van der Waals surface area contributed by atoms with Crippen LogP contribution in [0.5, 0.6) is 0 Å². The van der Waals surface area contributed by atoms with Gasteiger partial charge in [-0.2, -0.15) is 0 Å². The highest BCUT2D eigenvalue weighted by molar-refractivity contribution is 6.64. The summed E-state index contributed by atoms with van der Waals surface area (Å²) in [6.45, 7) is 26.8. The minimum atomic E-state index is -0.738. The molecule has 3 unspecified atom stereocenters. The van der Waals surface area contributed by atoms with E-state index in [9.17, 15) is 53.7 Å². The molecule has 4 aromatic carbocycles. The Balaban J connectivity index is 0.000000131. The third-order valence-corrected chi connectivity index (χ3v) is 43.1. The average Bonchev–Trinajstić information content (AvgIpc) is 1.25. The van der Waals surface area contributed by atoms with Crippen molar-refractivity contribution >= 4 is 40.6 Å². The summed E-state index contributed by atoms with van der Waals surface area (Å²) in [5.41, 5.74) is 16.1. The largest absolute Gasteiger partial charge is 0.465 e. The van der Waals surface area contributed by atoms with Crippen LogP contribution in [0.2, 0.25) is 0 Å². The fourth-order valence-electron chi connectivity index (χ4n) is 33.9. The maximum absolute atomic E-state index is 14.2. The summed E-state index contributed by atoms with van der Waals surface area (Å²) in [5.74, 6) is 3.81. The normalized spacial score (nSPS) is 35.7. The topological polar surface area (TPSA) is 300 Å². The highest BCUT2D eigenvalue weighted by Crippen LogP contribution is 2.75. The second-order valence-electron chi connectivity index (χ2n) is 49.6. The van der Waals surface area contributed by atoms with Crippen molar-refractivity contribution in [1.29, 1.82) is 0 Å². The van der Waals surface area contributed by atoms with Gasteiger partial charge in [0.2, 0.25) is 17.1 Å². The number of carbonyl (C=O) groups excluding carboxylic acids is 5. The predicted molar refractivity (Wildman–Crippen MR) is 558 cm³/mol. The lowest BCUT2D eigenvalue weighted by molar-refractivity contribution is -0.204. The van der Waals surface area contributed by atoms with Gasteiger partial charge in [0.05, 0.1) is 60.4 Å². The maximum Gasteiger partial charge on any atom is 0.335 e. The zero-order valence-corrected chi connectivity index (χ0v) is 88.4. The van der Waals surface area contributed by atoms with Crippen LogP contribution in [0.15, 0.2) is 180 Å². The molecule has 143 heavy (non-hydrogen) atoms. The van der Waals surface area contributed by atoms with E-state index >= 15 is 0 Å². The van der Waals surface area contributed by atoms with Gasteiger partial charge < -0.3 is 58.9 Å². The number of likely N-dealkylation sites (N-methyl/N-ethyl adjacent to an activating group) is 1. The zero-order chi connectivity index (χ0) is 102. The summed E-state index contributed by atoms with van der Waals surface area (Å²) in [7, 11) is 6.01. The first kappa shape index (κ1) is 104. The van der Waals surface area contributed by atoms with Crippen molar-refractivity contribution in [3.8, 4) is 22.3 Å². The Morgan fingerprint density at radius 2 is 0.720 bits per heavy atom. The Morgan fingerprint density at radius 1 is 0.399 bits per heavy atom. The summed E-state index contributed by atoms with van der Waals surface area (Å²) in [6.07, 6.45) is 33.5. The Hall–Kier alpha value is -8.63. The van der Waals surface area contributed by atoms with Crippen LogP contribution in [0, 0.1) is 115 Å². The van der Waals surface area contributed by atoms with E-state index < -0.39 is 39.9 Å². The van der Waals surface area contributed by atoms with Crippen molar-refractivity contribution in [3.63, 3.8) is 0 Å². The summed E-state index contributed by atoms with van der Waals surface area (Å²) in [5, 5.41) is 40.4. The number of esters is 2. The second-order valence-corrected chi connectivity index (χ2v) is 49.9. The van der Waals surface area contributed by atoms with Gasteiger partial charge in [-0.05, 0) is 376 Å². The van der Waals surface area contributed by atoms with Crippen LogP contribution in [0.25, 0.3) is 22.3 Å². The lowest BCUT2D eigenvalue weighted by Gasteiger charge is -2.64. The van der Waals surface area contributed by atoms with E-state index in [1.165, 1.54) is 101 Å². The molecule has 27 atom stereocenters. The number of halogens is 1. The Morgan fingerprint density at radius 3 is 1.03 bits per heavy atom. The van der Waals surface area contributed by atoms with Crippen molar-refractivity contribution in [2.75, 3.05) is 34.4 Å². The molecule has 772 valence electrons.